The fourth-order valence-corrected chi connectivity index (χ4v) is 2.05. The lowest BCUT2D eigenvalue weighted by molar-refractivity contribution is -0.134. The highest BCUT2D eigenvalue weighted by molar-refractivity contribution is 5.86. The molecule has 0 bridgehead atoms. The van der Waals surface area contributed by atoms with Gasteiger partial charge >= 0.3 is 12.1 Å². The summed E-state index contributed by atoms with van der Waals surface area (Å²) in [6.45, 7) is 5.45. The molecule has 7 nitrogen and oxygen atoms in total. The summed E-state index contributed by atoms with van der Waals surface area (Å²) in [5.74, 6) is -0.456. The van der Waals surface area contributed by atoms with Crippen LogP contribution in [0.4, 0.5) is 4.79 Å². The van der Waals surface area contributed by atoms with Crippen LogP contribution in [-0.2, 0) is 14.3 Å². The largest absolute Gasteiger partial charge is 0.466 e. The number of esters is 1. The van der Waals surface area contributed by atoms with E-state index in [1.165, 1.54) is 13.2 Å². The first-order chi connectivity index (χ1) is 12.1. The molecule has 0 aromatic heterocycles. The van der Waals surface area contributed by atoms with Crippen LogP contribution >= 0.6 is 0 Å². The second-order valence-electron chi connectivity index (χ2n) is 6.75. The predicted molar refractivity (Wildman–Crippen MR) is 97.3 cm³/mol. The monoisotopic (exact) mass is 365 g/mol. The third-order valence-corrected chi connectivity index (χ3v) is 3.36. The van der Waals surface area contributed by atoms with Crippen molar-refractivity contribution in [1.29, 1.82) is 0 Å². The number of methoxy groups -OCH3 is 1. The molecule has 1 rings (SSSR count). The lowest BCUT2D eigenvalue weighted by Gasteiger charge is -2.21. The zero-order valence-corrected chi connectivity index (χ0v) is 15.6. The SMILES string of the molecule is COC(=O)/C=C/c1ccc(C(O)C(O)CCNC(=O)OC(C)(C)C)cc1. The number of hydrogen-bond acceptors (Lipinski definition) is 6. The summed E-state index contributed by atoms with van der Waals surface area (Å²) in [7, 11) is 1.30. The number of ether oxygens (including phenoxy) is 2. The van der Waals surface area contributed by atoms with Crippen LogP contribution in [0.3, 0.4) is 0 Å². The maximum atomic E-state index is 11.5. The molecule has 0 heterocycles. The number of aliphatic hydroxyl groups excluding tert-OH is 2. The van der Waals surface area contributed by atoms with Gasteiger partial charge in [-0.1, -0.05) is 24.3 Å². The maximum absolute atomic E-state index is 11.5. The van der Waals surface area contributed by atoms with Crippen molar-refractivity contribution in [3.63, 3.8) is 0 Å². The Bertz CT molecular complexity index is 618. The van der Waals surface area contributed by atoms with E-state index >= 15 is 0 Å². The molecule has 0 spiro atoms. The summed E-state index contributed by atoms with van der Waals surface area (Å²) in [5, 5.41) is 22.8. The highest BCUT2D eigenvalue weighted by atomic mass is 16.6. The molecular formula is C19H27NO6. The van der Waals surface area contributed by atoms with E-state index in [4.69, 9.17) is 4.74 Å². The van der Waals surface area contributed by atoms with Gasteiger partial charge in [0, 0.05) is 12.6 Å². The minimum absolute atomic E-state index is 0.171. The Kier molecular flexibility index (Phi) is 8.28. The Hall–Kier alpha value is -2.38. The highest BCUT2D eigenvalue weighted by Gasteiger charge is 2.20. The van der Waals surface area contributed by atoms with Gasteiger partial charge < -0.3 is 25.0 Å². The summed E-state index contributed by atoms with van der Waals surface area (Å²) in [5.41, 5.74) is 0.698. The van der Waals surface area contributed by atoms with E-state index in [0.29, 0.717) is 5.56 Å². The molecule has 26 heavy (non-hydrogen) atoms. The number of amides is 1. The van der Waals surface area contributed by atoms with Gasteiger partial charge in [-0.25, -0.2) is 9.59 Å². The van der Waals surface area contributed by atoms with Crippen LogP contribution < -0.4 is 5.32 Å². The Morgan fingerprint density at radius 2 is 1.81 bits per heavy atom. The van der Waals surface area contributed by atoms with Gasteiger partial charge in [-0.3, -0.25) is 0 Å². The molecule has 2 atom stereocenters. The number of rotatable bonds is 7. The molecule has 0 fully saturated rings. The van der Waals surface area contributed by atoms with E-state index in [1.54, 1.807) is 51.1 Å². The van der Waals surface area contributed by atoms with E-state index in [1.807, 2.05) is 0 Å². The third kappa shape index (κ3) is 8.13. The van der Waals surface area contributed by atoms with Crippen molar-refractivity contribution in [3.8, 4) is 0 Å². The van der Waals surface area contributed by atoms with E-state index in [9.17, 15) is 19.8 Å². The van der Waals surface area contributed by atoms with Gasteiger partial charge in [-0.2, -0.15) is 0 Å². The van der Waals surface area contributed by atoms with Gasteiger partial charge in [0.15, 0.2) is 0 Å². The number of alkyl carbamates (subject to hydrolysis) is 1. The first kappa shape index (κ1) is 21.7. The molecule has 144 valence electrons. The minimum Gasteiger partial charge on any atom is -0.466 e. The van der Waals surface area contributed by atoms with E-state index < -0.39 is 29.9 Å². The van der Waals surface area contributed by atoms with E-state index in [2.05, 4.69) is 10.1 Å². The van der Waals surface area contributed by atoms with Gasteiger partial charge in [-0.05, 0) is 44.4 Å². The van der Waals surface area contributed by atoms with Gasteiger partial charge in [0.2, 0.25) is 0 Å². The van der Waals surface area contributed by atoms with E-state index in [-0.39, 0.29) is 13.0 Å². The molecule has 0 saturated carbocycles. The zero-order chi connectivity index (χ0) is 19.7. The van der Waals surface area contributed by atoms with E-state index in [0.717, 1.165) is 5.56 Å². The first-order valence-corrected chi connectivity index (χ1v) is 8.31. The normalized spacial score (nSPS) is 13.9. The van der Waals surface area contributed by atoms with Gasteiger partial charge in [0.25, 0.3) is 0 Å². The topological polar surface area (TPSA) is 105 Å². The smallest absolute Gasteiger partial charge is 0.407 e. The van der Waals surface area contributed by atoms with Gasteiger partial charge in [0.1, 0.15) is 11.7 Å². The van der Waals surface area contributed by atoms with Crippen LogP contribution in [0.2, 0.25) is 0 Å². The summed E-state index contributed by atoms with van der Waals surface area (Å²) in [4.78, 5) is 22.6. The van der Waals surface area contributed by atoms with Crippen LogP contribution in [0, 0.1) is 0 Å². The van der Waals surface area contributed by atoms with Crippen LogP contribution in [0.15, 0.2) is 30.3 Å². The third-order valence-electron chi connectivity index (χ3n) is 3.36. The van der Waals surface area contributed by atoms with Crippen LogP contribution in [0.1, 0.15) is 44.4 Å². The second kappa shape index (κ2) is 9.94. The summed E-state index contributed by atoms with van der Waals surface area (Å²) >= 11 is 0. The molecule has 0 aliphatic heterocycles. The first-order valence-electron chi connectivity index (χ1n) is 8.31. The molecule has 7 heteroatoms. The fraction of sp³-hybridized carbons (Fsp3) is 0.474. The van der Waals surface area contributed by atoms with Crippen molar-refractivity contribution in [2.75, 3.05) is 13.7 Å². The zero-order valence-electron chi connectivity index (χ0n) is 15.6. The Balaban J connectivity index is 2.50. The molecule has 1 aromatic carbocycles. The number of carbonyl (C=O) groups excluding carboxylic acids is 2. The number of aliphatic hydroxyl groups is 2. The van der Waals surface area contributed by atoms with Crippen molar-refractivity contribution in [2.24, 2.45) is 0 Å². The molecule has 2 unspecified atom stereocenters. The maximum Gasteiger partial charge on any atom is 0.407 e. The Morgan fingerprint density at radius 3 is 2.35 bits per heavy atom. The average Bonchev–Trinajstić information content (AvgIpc) is 2.57. The number of hydrogen-bond donors (Lipinski definition) is 3. The van der Waals surface area contributed by atoms with Crippen LogP contribution in [0.25, 0.3) is 6.08 Å². The van der Waals surface area contributed by atoms with Crippen molar-refractivity contribution in [3.05, 3.63) is 41.5 Å². The summed E-state index contributed by atoms with van der Waals surface area (Å²) < 4.78 is 9.60. The van der Waals surface area contributed by atoms with Crippen LogP contribution in [0.5, 0.6) is 0 Å². The highest BCUT2D eigenvalue weighted by Crippen LogP contribution is 2.20. The second-order valence-corrected chi connectivity index (χ2v) is 6.75. The molecule has 0 saturated heterocycles. The molecule has 3 N–H and O–H groups in total. The molecule has 0 aliphatic carbocycles. The summed E-state index contributed by atoms with van der Waals surface area (Å²) in [6.07, 6.45) is 0.354. The number of nitrogens with one attached hydrogen (secondary N) is 1. The lowest BCUT2D eigenvalue weighted by Crippen LogP contribution is -2.34. The molecule has 1 aromatic rings. The Labute approximate surface area is 153 Å². The van der Waals surface area contributed by atoms with Crippen molar-refractivity contribution < 1.29 is 29.3 Å². The molecular weight excluding hydrogens is 338 g/mol. The molecule has 0 aliphatic rings. The average molecular weight is 365 g/mol. The van der Waals surface area contributed by atoms with Crippen molar-refractivity contribution in [2.45, 2.75) is 45.0 Å². The fourth-order valence-electron chi connectivity index (χ4n) is 2.05. The molecule has 0 radical (unpaired) electrons. The Morgan fingerprint density at radius 1 is 1.19 bits per heavy atom. The van der Waals surface area contributed by atoms with Gasteiger partial charge in [-0.15, -0.1) is 0 Å². The lowest BCUT2D eigenvalue weighted by atomic mass is 10.0. The molecule has 1 amide bonds. The van der Waals surface area contributed by atoms with Crippen molar-refractivity contribution >= 4 is 18.1 Å². The van der Waals surface area contributed by atoms with Crippen LogP contribution in [-0.4, -0.2) is 47.6 Å². The number of carbonyl (C=O) groups is 2. The van der Waals surface area contributed by atoms with Gasteiger partial charge in [0.05, 0.1) is 13.2 Å². The quantitative estimate of drug-likeness (QED) is 0.505. The minimum atomic E-state index is -1.09. The summed E-state index contributed by atoms with van der Waals surface area (Å²) in [6, 6.07) is 6.74. The standard InChI is InChI=1S/C19H27NO6/c1-19(2,3)26-18(24)20-12-11-15(21)17(23)14-8-5-13(6-9-14)7-10-16(22)25-4/h5-10,15,17,21,23H,11-12H2,1-4H3,(H,20,24)/b10-7+. The number of benzene rings is 1. The predicted octanol–water partition coefficient (Wildman–Crippen LogP) is 2.18. The van der Waals surface area contributed by atoms with Crippen molar-refractivity contribution in [1.82, 2.24) is 5.32 Å².